The fourth-order valence-electron chi connectivity index (χ4n) is 3.61. The lowest BCUT2D eigenvalue weighted by atomic mass is 10.1. The summed E-state index contributed by atoms with van der Waals surface area (Å²) in [4.78, 5) is 12.8. The first kappa shape index (κ1) is 24.5. The molecule has 3 rings (SSSR count). The Morgan fingerprint density at radius 3 is 2.18 bits per heavy atom. The molecule has 0 atom stereocenters. The van der Waals surface area contributed by atoms with Crippen LogP contribution in [0.15, 0.2) is 66.9 Å². The lowest BCUT2D eigenvalue weighted by Gasteiger charge is -2.24. The molecule has 0 aliphatic heterocycles. The summed E-state index contributed by atoms with van der Waals surface area (Å²) >= 11 is 0. The molecule has 8 heteroatoms. The Kier molecular flexibility index (Phi) is 7.92. The van der Waals surface area contributed by atoms with Gasteiger partial charge in [-0.1, -0.05) is 38.1 Å². The summed E-state index contributed by atoms with van der Waals surface area (Å²) in [6, 6.07) is 15.8. The zero-order valence-electron chi connectivity index (χ0n) is 18.8. The highest BCUT2D eigenvalue weighted by atomic mass is 19.4. The summed E-state index contributed by atoms with van der Waals surface area (Å²) in [5.41, 5.74) is 2.26. The van der Waals surface area contributed by atoms with Crippen LogP contribution in [-0.4, -0.2) is 20.9 Å². The molecule has 0 aliphatic carbocycles. The van der Waals surface area contributed by atoms with E-state index in [9.17, 15) is 23.3 Å². The Labute approximate surface area is 191 Å². The molecule has 1 aromatic heterocycles. The van der Waals surface area contributed by atoms with Crippen molar-refractivity contribution in [1.29, 1.82) is 0 Å². The highest BCUT2D eigenvalue weighted by molar-refractivity contribution is 5.33. The largest absolute Gasteiger partial charge is 0.416 e. The molecule has 0 spiro atoms. The normalized spacial score (nSPS) is 12.0. The molecule has 0 saturated carbocycles. The van der Waals surface area contributed by atoms with Crippen molar-refractivity contribution in [2.24, 2.45) is 5.92 Å². The molecule has 0 bridgehead atoms. The summed E-state index contributed by atoms with van der Waals surface area (Å²) in [6.07, 6.45) is -1.40. The van der Waals surface area contributed by atoms with Gasteiger partial charge in [-0.3, -0.25) is 15.0 Å². The van der Waals surface area contributed by atoms with Crippen LogP contribution in [-0.2, 0) is 25.8 Å². The van der Waals surface area contributed by atoms with Crippen molar-refractivity contribution in [3.05, 3.63) is 99.4 Å². The minimum absolute atomic E-state index is 0.0675. The molecule has 0 N–H and O–H groups in total. The van der Waals surface area contributed by atoms with E-state index in [1.165, 1.54) is 24.3 Å². The summed E-state index contributed by atoms with van der Waals surface area (Å²) in [5.74, 6) is 0.531. The zero-order valence-corrected chi connectivity index (χ0v) is 18.8. The second kappa shape index (κ2) is 10.7. The van der Waals surface area contributed by atoms with Crippen molar-refractivity contribution in [2.75, 3.05) is 6.54 Å². The molecule has 0 fully saturated rings. The standard InChI is InChI=1S/C25H28F3N3O2/c1-19(2)13-15-29(16-20-7-11-23(12-8-20)31(32)33)18-24-4-3-14-30(24)17-21-5-9-22(10-6-21)25(26,27)28/h3-12,14,19H,13,15-18H2,1-2H3. The minimum atomic E-state index is -4.34. The lowest BCUT2D eigenvalue weighted by Crippen LogP contribution is -2.26. The molecule has 0 saturated heterocycles. The molecular formula is C25H28F3N3O2. The minimum Gasteiger partial charge on any atom is -0.346 e. The van der Waals surface area contributed by atoms with Crippen molar-refractivity contribution in [2.45, 2.75) is 46.1 Å². The van der Waals surface area contributed by atoms with Crippen molar-refractivity contribution in [1.82, 2.24) is 9.47 Å². The van der Waals surface area contributed by atoms with Crippen LogP contribution in [0.1, 0.15) is 42.7 Å². The number of halogens is 3. The summed E-state index contributed by atoms with van der Waals surface area (Å²) in [5, 5.41) is 10.9. The maximum absolute atomic E-state index is 12.8. The summed E-state index contributed by atoms with van der Waals surface area (Å²) < 4.78 is 40.5. The Hall–Kier alpha value is -3.13. The van der Waals surface area contributed by atoms with Crippen molar-refractivity contribution < 1.29 is 18.1 Å². The van der Waals surface area contributed by atoms with Crippen LogP contribution in [0.25, 0.3) is 0 Å². The number of hydrogen-bond acceptors (Lipinski definition) is 3. The average molecular weight is 460 g/mol. The van der Waals surface area contributed by atoms with E-state index in [0.29, 0.717) is 25.6 Å². The van der Waals surface area contributed by atoms with Gasteiger partial charge in [0.15, 0.2) is 0 Å². The molecule has 3 aromatic rings. The van der Waals surface area contributed by atoms with Crippen molar-refractivity contribution >= 4 is 5.69 Å². The van der Waals surface area contributed by atoms with Crippen LogP contribution in [0, 0.1) is 16.0 Å². The highest BCUT2D eigenvalue weighted by Crippen LogP contribution is 2.29. The number of aromatic nitrogens is 1. The molecule has 2 aromatic carbocycles. The van der Waals surface area contributed by atoms with Gasteiger partial charge in [0, 0.05) is 43.7 Å². The van der Waals surface area contributed by atoms with Gasteiger partial charge in [-0.15, -0.1) is 0 Å². The van der Waals surface area contributed by atoms with Crippen LogP contribution in [0.3, 0.4) is 0 Å². The smallest absolute Gasteiger partial charge is 0.346 e. The molecule has 5 nitrogen and oxygen atoms in total. The molecule has 33 heavy (non-hydrogen) atoms. The molecule has 1 heterocycles. The Morgan fingerprint density at radius 2 is 1.61 bits per heavy atom. The van der Waals surface area contributed by atoms with Gasteiger partial charge in [0.25, 0.3) is 5.69 Å². The molecule has 176 valence electrons. The lowest BCUT2D eigenvalue weighted by molar-refractivity contribution is -0.384. The van der Waals surface area contributed by atoms with Gasteiger partial charge in [0.1, 0.15) is 0 Å². The van der Waals surface area contributed by atoms with Crippen LogP contribution >= 0.6 is 0 Å². The first-order valence-electron chi connectivity index (χ1n) is 10.9. The number of alkyl halides is 3. The molecule has 0 aliphatic rings. The quantitative estimate of drug-likeness (QED) is 0.256. The van der Waals surface area contributed by atoms with Gasteiger partial charge in [-0.2, -0.15) is 13.2 Å². The third-order valence-electron chi connectivity index (χ3n) is 5.52. The monoisotopic (exact) mass is 459 g/mol. The third-order valence-corrected chi connectivity index (χ3v) is 5.52. The van der Waals surface area contributed by atoms with Crippen molar-refractivity contribution in [3.63, 3.8) is 0 Å². The van der Waals surface area contributed by atoms with E-state index in [0.717, 1.165) is 41.9 Å². The Morgan fingerprint density at radius 1 is 0.970 bits per heavy atom. The van der Waals surface area contributed by atoms with Gasteiger partial charge in [0.05, 0.1) is 10.5 Å². The maximum atomic E-state index is 12.8. The number of hydrogen-bond donors (Lipinski definition) is 0. The van der Waals surface area contributed by atoms with Gasteiger partial charge in [-0.05, 0) is 54.3 Å². The first-order chi connectivity index (χ1) is 15.6. The molecular weight excluding hydrogens is 431 g/mol. The van der Waals surface area contributed by atoms with Gasteiger partial charge >= 0.3 is 6.18 Å². The second-order valence-electron chi connectivity index (χ2n) is 8.64. The van der Waals surface area contributed by atoms with Crippen LogP contribution in [0.4, 0.5) is 18.9 Å². The van der Waals surface area contributed by atoms with E-state index in [-0.39, 0.29) is 5.69 Å². The number of nitro benzene ring substituents is 1. The van der Waals surface area contributed by atoms with Crippen LogP contribution in [0.2, 0.25) is 0 Å². The fourth-order valence-corrected chi connectivity index (χ4v) is 3.61. The zero-order chi connectivity index (χ0) is 24.0. The number of nitrogens with zero attached hydrogens (tertiary/aromatic N) is 3. The van der Waals surface area contributed by atoms with E-state index in [1.54, 1.807) is 12.1 Å². The van der Waals surface area contributed by atoms with E-state index in [2.05, 4.69) is 18.7 Å². The van der Waals surface area contributed by atoms with Crippen molar-refractivity contribution in [3.8, 4) is 0 Å². The number of benzene rings is 2. The highest BCUT2D eigenvalue weighted by Gasteiger charge is 2.29. The molecule has 0 unspecified atom stereocenters. The van der Waals surface area contributed by atoms with E-state index in [4.69, 9.17) is 0 Å². The van der Waals surface area contributed by atoms with E-state index >= 15 is 0 Å². The Bertz CT molecular complexity index is 1040. The first-order valence-corrected chi connectivity index (χ1v) is 10.9. The van der Waals surface area contributed by atoms with Gasteiger partial charge < -0.3 is 4.57 Å². The van der Waals surface area contributed by atoms with E-state index < -0.39 is 16.7 Å². The number of rotatable bonds is 10. The molecule has 0 radical (unpaired) electrons. The molecule has 0 amide bonds. The fraction of sp³-hybridized carbons (Fsp3) is 0.360. The summed E-state index contributed by atoms with van der Waals surface area (Å²) in [7, 11) is 0. The third kappa shape index (κ3) is 7.18. The second-order valence-corrected chi connectivity index (χ2v) is 8.64. The average Bonchev–Trinajstić information content (AvgIpc) is 3.18. The summed E-state index contributed by atoms with van der Waals surface area (Å²) in [6.45, 7) is 6.98. The van der Waals surface area contributed by atoms with Crippen LogP contribution < -0.4 is 0 Å². The topological polar surface area (TPSA) is 51.3 Å². The van der Waals surface area contributed by atoms with Gasteiger partial charge in [-0.25, -0.2) is 0 Å². The number of nitro groups is 1. The predicted octanol–water partition coefficient (Wildman–Crippen LogP) is 6.51. The van der Waals surface area contributed by atoms with Crippen LogP contribution in [0.5, 0.6) is 0 Å². The van der Waals surface area contributed by atoms with E-state index in [1.807, 2.05) is 22.9 Å². The predicted molar refractivity (Wildman–Crippen MR) is 122 cm³/mol. The maximum Gasteiger partial charge on any atom is 0.416 e. The number of non-ortho nitro benzene ring substituents is 1. The Balaban J connectivity index is 1.72. The van der Waals surface area contributed by atoms with Gasteiger partial charge in [0.2, 0.25) is 0 Å². The SMILES string of the molecule is CC(C)CCN(Cc1ccc([N+](=O)[O-])cc1)Cc1cccn1Cc1ccc(C(F)(F)F)cc1.